The van der Waals surface area contributed by atoms with E-state index in [9.17, 15) is 14.4 Å². The van der Waals surface area contributed by atoms with Gasteiger partial charge in [0, 0.05) is 6.42 Å². The number of nitrogens with one attached hydrogen (secondary N) is 1. The summed E-state index contributed by atoms with van der Waals surface area (Å²) in [7, 11) is 0. The first-order chi connectivity index (χ1) is 6.47. The molecule has 0 aromatic heterocycles. The molecule has 0 saturated heterocycles. The lowest BCUT2D eigenvalue weighted by molar-refractivity contribution is -0.142. The Kier molecular flexibility index (Phi) is 5.23. The van der Waals surface area contributed by atoms with E-state index in [0.29, 0.717) is 0 Å². The fraction of sp³-hybridized carbons (Fsp3) is 0.571. The molecule has 0 rings (SSSR count). The van der Waals surface area contributed by atoms with Crippen LogP contribution in [0.15, 0.2) is 0 Å². The summed E-state index contributed by atoms with van der Waals surface area (Å²) >= 11 is 0. The largest absolute Gasteiger partial charge is 0.480 e. The molecule has 0 saturated carbocycles. The van der Waals surface area contributed by atoms with Crippen molar-refractivity contribution in [3.63, 3.8) is 0 Å². The Bertz CT molecular complexity index is 240. The van der Waals surface area contributed by atoms with Crippen molar-refractivity contribution in [1.29, 1.82) is 0 Å². The molecule has 0 radical (unpaired) electrons. The Morgan fingerprint density at radius 2 is 1.93 bits per heavy atom. The molecule has 80 valence electrons. The predicted molar refractivity (Wildman–Crippen MR) is 45.1 cm³/mol. The maximum absolute atomic E-state index is 10.6. The number of primary amides is 1. The highest BCUT2D eigenvalue weighted by molar-refractivity contribution is 5.84. The quantitative estimate of drug-likeness (QED) is 0.390. The van der Waals surface area contributed by atoms with Gasteiger partial charge in [0.1, 0.15) is 12.6 Å². The predicted octanol–water partition coefficient (Wildman–Crippen LogP) is -2.19. The van der Waals surface area contributed by atoms with Crippen molar-refractivity contribution in [2.75, 3.05) is 6.61 Å². The molecule has 1 atom stereocenters. The number of carboxylic acid groups (broad SMARTS) is 1. The van der Waals surface area contributed by atoms with Crippen molar-refractivity contribution >= 4 is 17.8 Å². The second-order valence-electron chi connectivity index (χ2n) is 2.62. The van der Waals surface area contributed by atoms with E-state index in [4.69, 9.17) is 15.9 Å². The Hall–Kier alpha value is -1.63. The van der Waals surface area contributed by atoms with Crippen LogP contribution in [0.1, 0.15) is 12.8 Å². The lowest BCUT2D eigenvalue weighted by Gasteiger charge is -2.12. The molecule has 0 unspecified atom stereocenters. The van der Waals surface area contributed by atoms with E-state index in [1.54, 1.807) is 0 Å². The molecule has 14 heavy (non-hydrogen) atoms. The first kappa shape index (κ1) is 12.4. The highest BCUT2D eigenvalue weighted by Gasteiger charge is 2.19. The summed E-state index contributed by atoms with van der Waals surface area (Å²) in [5.74, 6) is -2.72. The molecule has 0 fully saturated rings. The van der Waals surface area contributed by atoms with Crippen LogP contribution in [0.5, 0.6) is 0 Å². The number of hydrogen-bond acceptors (Lipinski definition) is 4. The molecule has 0 spiro atoms. The molecule has 0 aliphatic heterocycles. The van der Waals surface area contributed by atoms with E-state index in [2.05, 4.69) is 0 Å². The molecule has 5 N–H and O–H groups in total. The molecule has 7 nitrogen and oxygen atoms in total. The topological polar surface area (TPSA) is 130 Å². The highest BCUT2D eigenvalue weighted by atomic mass is 16.4. The zero-order chi connectivity index (χ0) is 11.1. The third-order valence-corrected chi connectivity index (χ3v) is 1.46. The lowest BCUT2D eigenvalue weighted by atomic mass is 10.1. The van der Waals surface area contributed by atoms with E-state index in [-0.39, 0.29) is 12.8 Å². The summed E-state index contributed by atoms with van der Waals surface area (Å²) < 4.78 is 0. The Morgan fingerprint density at radius 1 is 1.36 bits per heavy atom. The lowest BCUT2D eigenvalue weighted by Crippen LogP contribution is -2.42. The van der Waals surface area contributed by atoms with Gasteiger partial charge in [0.2, 0.25) is 11.8 Å². The zero-order valence-corrected chi connectivity index (χ0v) is 7.40. The van der Waals surface area contributed by atoms with E-state index in [1.807, 2.05) is 5.32 Å². The van der Waals surface area contributed by atoms with Crippen LogP contribution in [-0.2, 0) is 14.4 Å². The molecule has 0 aromatic carbocycles. The maximum Gasteiger partial charge on any atom is 0.326 e. The number of aliphatic hydroxyl groups is 1. The Morgan fingerprint density at radius 3 is 2.29 bits per heavy atom. The summed E-state index contributed by atoms with van der Waals surface area (Å²) in [5.41, 5.74) is 4.81. The van der Waals surface area contributed by atoms with Gasteiger partial charge in [0.05, 0.1) is 0 Å². The summed E-state index contributed by atoms with van der Waals surface area (Å²) in [4.78, 5) is 31.5. The number of carbonyl (C=O) groups excluding carboxylic acids is 2. The van der Waals surface area contributed by atoms with E-state index in [1.165, 1.54) is 0 Å². The average molecular weight is 204 g/mol. The molecular weight excluding hydrogens is 192 g/mol. The number of amides is 2. The SMILES string of the molecule is NC(=O)CC[C@@H](NC(=O)CO)C(=O)O. The molecule has 0 aromatic rings. The van der Waals surface area contributed by atoms with Crippen LogP contribution in [0.2, 0.25) is 0 Å². The number of nitrogens with two attached hydrogens (primary N) is 1. The summed E-state index contributed by atoms with van der Waals surface area (Å²) in [6.07, 6.45) is -0.223. The van der Waals surface area contributed by atoms with Gasteiger partial charge < -0.3 is 21.3 Å². The van der Waals surface area contributed by atoms with E-state index in [0.717, 1.165) is 0 Å². The van der Waals surface area contributed by atoms with Gasteiger partial charge in [-0.3, -0.25) is 9.59 Å². The molecule has 0 aliphatic rings. The van der Waals surface area contributed by atoms with Gasteiger partial charge in [-0.05, 0) is 6.42 Å². The zero-order valence-electron chi connectivity index (χ0n) is 7.40. The average Bonchev–Trinajstić information content (AvgIpc) is 2.10. The minimum absolute atomic E-state index is 0.0869. The summed E-state index contributed by atoms with van der Waals surface area (Å²) in [5, 5.41) is 19.0. The molecule has 7 heteroatoms. The highest BCUT2D eigenvalue weighted by Crippen LogP contribution is 1.96. The van der Waals surface area contributed by atoms with E-state index >= 15 is 0 Å². The smallest absolute Gasteiger partial charge is 0.326 e. The minimum Gasteiger partial charge on any atom is -0.480 e. The van der Waals surface area contributed by atoms with Gasteiger partial charge in [0.15, 0.2) is 0 Å². The van der Waals surface area contributed by atoms with Gasteiger partial charge in [-0.1, -0.05) is 0 Å². The van der Waals surface area contributed by atoms with Gasteiger partial charge in [-0.2, -0.15) is 0 Å². The standard InChI is InChI=1S/C7H12N2O5/c8-5(11)2-1-4(7(13)14)9-6(12)3-10/h4,10H,1-3H2,(H2,8,11)(H,9,12)(H,13,14)/t4-/m1/s1. The first-order valence-electron chi connectivity index (χ1n) is 3.88. The van der Waals surface area contributed by atoms with Gasteiger partial charge in [-0.15, -0.1) is 0 Å². The van der Waals surface area contributed by atoms with Crippen molar-refractivity contribution in [3.8, 4) is 0 Å². The van der Waals surface area contributed by atoms with Crippen molar-refractivity contribution in [3.05, 3.63) is 0 Å². The number of carboxylic acids is 1. The number of hydrogen-bond donors (Lipinski definition) is 4. The van der Waals surface area contributed by atoms with Crippen LogP contribution in [-0.4, -0.2) is 40.6 Å². The van der Waals surface area contributed by atoms with Gasteiger partial charge in [0.25, 0.3) is 0 Å². The molecule has 2 amide bonds. The monoisotopic (exact) mass is 204 g/mol. The van der Waals surface area contributed by atoms with Crippen LogP contribution in [0.25, 0.3) is 0 Å². The van der Waals surface area contributed by atoms with Crippen LogP contribution in [0.3, 0.4) is 0 Å². The van der Waals surface area contributed by atoms with Crippen molar-refractivity contribution in [2.24, 2.45) is 5.73 Å². The summed E-state index contributed by atoms with van der Waals surface area (Å²) in [6.45, 7) is -0.791. The second-order valence-corrected chi connectivity index (χ2v) is 2.62. The van der Waals surface area contributed by atoms with Gasteiger partial charge in [-0.25, -0.2) is 4.79 Å². The molecule has 0 bridgehead atoms. The fourth-order valence-corrected chi connectivity index (χ4v) is 0.784. The Labute approximate surface area is 79.9 Å². The van der Waals surface area contributed by atoms with Crippen LogP contribution in [0, 0.1) is 0 Å². The Balaban J connectivity index is 4.09. The molecule has 0 aliphatic carbocycles. The summed E-state index contributed by atoms with van der Waals surface area (Å²) in [6, 6.07) is -1.19. The van der Waals surface area contributed by atoms with Crippen LogP contribution < -0.4 is 11.1 Å². The first-order valence-corrected chi connectivity index (χ1v) is 3.88. The minimum atomic E-state index is -1.27. The van der Waals surface area contributed by atoms with Crippen LogP contribution in [0.4, 0.5) is 0 Å². The van der Waals surface area contributed by atoms with Crippen molar-refractivity contribution in [1.82, 2.24) is 5.32 Å². The van der Waals surface area contributed by atoms with Crippen LogP contribution >= 0.6 is 0 Å². The fourth-order valence-electron chi connectivity index (χ4n) is 0.784. The maximum atomic E-state index is 10.6. The van der Waals surface area contributed by atoms with Crippen molar-refractivity contribution < 1.29 is 24.6 Å². The van der Waals surface area contributed by atoms with Gasteiger partial charge >= 0.3 is 5.97 Å². The van der Waals surface area contributed by atoms with E-state index < -0.39 is 30.4 Å². The van der Waals surface area contributed by atoms with Crippen molar-refractivity contribution in [2.45, 2.75) is 18.9 Å². The normalized spacial score (nSPS) is 11.8. The molecule has 0 heterocycles. The number of carbonyl (C=O) groups is 3. The molecular formula is C7H12N2O5. The third-order valence-electron chi connectivity index (χ3n) is 1.46. The number of rotatable bonds is 6. The third kappa shape index (κ3) is 5.09. The second kappa shape index (κ2) is 5.92. The number of aliphatic hydroxyl groups excluding tert-OH is 1. The number of aliphatic carboxylic acids is 1.